The number of halogens is 2. The highest BCUT2D eigenvalue weighted by Gasteiger charge is 2.40. The maximum atomic E-state index is 13.3. The predicted octanol–water partition coefficient (Wildman–Crippen LogP) is 7.46. The molecule has 146 valence electrons. The molecule has 2 aliphatic rings. The maximum absolute atomic E-state index is 13.3. The van der Waals surface area contributed by atoms with E-state index < -0.39 is 0 Å². The van der Waals surface area contributed by atoms with Gasteiger partial charge in [0.15, 0.2) is 5.78 Å². The van der Waals surface area contributed by atoms with Gasteiger partial charge in [-0.3, -0.25) is 4.79 Å². The number of carbonyl (C=O) groups is 1. The van der Waals surface area contributed by atoms with Crippen molar-refractivity contribution in [2.75, 3.05) is 5.32 Å². The van der Waals surface area contributed by atoms with Crippen molar-refractivity contribution in [1.29, 1.82) is 0 Å². The molecule has 0 saturated heterocycles. The van der Waals surface area contributed by atoms with E-state index in [2.05, 4.69) is 49.5 Å². The summed E-state index contributed by atoms with van der Waals surface area (Å²) >= 11 is 12.5. The van der Waals surface area contributed by atoms with Crippen molar-refractivity contribution in [2.24, 2.45) is 5.41 Å². The molecule has 2 nitrogen and oxygen atoms in total. The van der Waals surface area contributed by atoms with E-state index in [-0.39, 0.29) is 17.2 Å². The summed E-state index contributed by atoms with van der Waals surface area (Å²) in [5.41, 5.74) is 5.14. The van der Waals surface area contributed by atoms with Crippen molar-refractivity contribution < 1.29 is 4.79 Å². The number of hydrogen-bond donors (Lipinski definition) is 1. The Labute approximate surface area is 180 Å². The molecule has 5 rings (SSSR count). The first-order chi connectivity index (χ1) is 13.8. The number of ketones is 1. The van der Waals surface area contributed by atoms with Gasteiger partial charge in [0.1, 0.15) is 0 Å². The molecule has 3 aromatic rings. The largest absolute Gasteiger partial charge is 0.373 e. The number of Topliss-reactive ketones (excluding diaryl/α,β-unsaturated/α-hetero) is 1. The SMILES string of the molecule is CC1(C)CC(=O)C2=C(C1)c1ccc3ccccc3c1NC2c1ccc(Cl)c(Cl)c1. The summed E-state index contributed by atoms with van der Waals surface area (Å²) in [6, 6.07) is 18.0. The molecule has 1 aliphatic heterocycles. The van der Waals surface area contributed by atoms with Gasteiger partial charge in [-0.2, -0.15) is 0 Å². The van der Waals surface area contributed by atoms with Gasteiger partial charge in [0.05, 0.1) is 21.8 Å². The van der Waals surface area contributed by atoms with E-state index in [9.17, 15) is 4.79 Å². The highest BCUT2D eigenvalue weighted by Crippen LogP contribution is 2.51. The summed E-state index contributed by atoms with van der Waals surface area (Å²) < 4.78 is 0. The fourth-order valence-corrected chi connectivity index (χ4v) is 5.05. The molecule has 29 heavy (non-hydrogen) atoms. The minimum atomic E-state index is -0.235. The number of anilines is 1. The zero-order chi connectivity index (χ0) is 20.3. The van der Waals surface area contributed by atoms with E-state index in [0.29, 0.717) is 16.5 Å². The molecular formula is C25H21Cl2NO. The molecule has 3 aromatic carbocycles. The van der Waals surface area contributed by atoms with E-state index in [1.165, 1.54) is 5.39 Å². The Morgan fingerprint density at radius 3 is 2.55 bits per heavy atom. The van der Waals surface area contributed by atoms with E-state index in [1.807, 2.05) is 18.2 Å². The average Bonchev–Trinajstić information content (AvgIpc) is 2.68. The number of nitrogens with one attached hydrogen (secondary N) is 1. The zero-order valence-electron chi connectivity index (χ0n) is 16.4. The van der Waals surface area contributed by atoms with Gasteiger partial charge in [0, 0.05) is 22.9 Å². The summed E-state index contributed by atoms with van der Waals surface area (Å²) in [6.07, 6.45) is 1.42. The predicted molar refractivity (Wildman–Crippen MR) is 122 cm³/mol. The lowest BCUT2D eigenvalue weighted by Gasteiger charge is -2.40. The van der Waals surface area contributed by atoms with Crippen molar-refractivity contribution in [2.45, 2.75) is 32.7 Å². The van der Waals surface area contributed by atoms with Crippen molar-refractivity contribution in [3.8, 4) is 0 Å². The Morgan fingerprint density at radius 1 is 0.966 bits per heavy atom. The Bertz CT molecular complexity index is 1210. The van der Waals surface area contributed by atoms with Crippen LogP contribution in [0.1, 0.15) is 43.9 Å². The molecule has 0 saturated carbocycles. The Morgan fingerprint density at radius 2 is 1.76 bits per heavy atom. The van der Waals surface area contributed by atoms with Crippen LogP contribution in [0.2, 0.25) is 10.0 Å². The van der Waals surface area contributed by atoms with E-state index >= 15 is 0 Å². The molecule has 1 N–H and O–H groups in total. The fourth-order valence-electron chi connectivity index (χ4n) is 4.75. The minimum Gasteiger partial charge on any atom is -0.373 e. The maximum Gasteiger partial charge on any atom is 0.162 e. The molecule has 0 aromatic heterocycles. The second-order valence-electron chi connectivity index (χ2n) is 8.79. The Kier molecular flexibility index (Phi) is 4.27. The number of hydrogen-bond acceptors (Lipinski definition) is 2. The van der Waals surface area contributed by atoms with Crippen LogP contribution in [-0.4, -0.2) is 5.78 Å². The highest BCUT2D eigenvalue weighted by atomic mass is 35.5. The molecule has 0 fully saturated rings. The van der Waals surface area contributed by atoms with Gasteiger partial charge in [0.2, 0.25) is 0 Å². The first-order valence-electron chi connectivity index (χ1n) is 9.84. The van der Waals surface area contributed by atoms with Gasteiger partial charge in [-0.15, -0.1) is 0 Å². The van der Waals surface area contributed by atoms with Gasteiger partial charge >= 0.3 is 0 Å². The third-order valence-electron chi connectivity index (χ3n) is 6.03. The average molecular weight is 422 g/mol. The lowest BCUT2D eigenvalue weighted by atomic mass is 9.68. The lowest BCUT2D eigenvalue weighted by Crippen LogP contribution is -2.33. The lowest BCUT2D eigenvalue weighted by molar-refractivity contribution is -0.118. The first-order valence-corrected chi connectivity index (χ1v) is 10.6. The topological polar surface area (TPSA) is 29.1 Å². The third-order valence-corrected chi connectivity index (χ3v) is 6.77. The van der Waals surface area contributed by atoms with Gasteiger partial charge in [-0.25, -0.2) is 0 Å². The van der Waals surface area contributed by atoms with Crippen LogP contribution in [0.25, 0.3) is 16.3 Å². The smallest absolute Gasteiger partial charge is 0.162 e. The number of benzene rings is 3. The van der Waals surface area contributed by atoms with E-state index in [1.54, 1.807) is 6.07 Å². The molecular weight excluding hydrogens is 401 g/mol. The monoisotopic (exact) mass is 421 g/mol. The normalized spacial score (nSPS) is 20.3. The van der Waals surface area contributed by atoms with Crippen LogP contribution in [0.15, 0.2) is 60.2 Å². The van der Waals surface area contributed by atoms with Crippen molar-refractivity contribution >= 4 is 51.0 Å². The van der Waals surface area contributed by atoms with Crippen molar-refractivity contribution in [1.82, 2.24) is 0 Å². The van der Waals surface area contributed by atoms with Crippen LogP contribution < -0.4 is 5.32 Å². The first kappa shape index (κ1) is 18.7. The molecule has 1 aliphatic carbocycles. The Hall–Kier alpha value is -2.29. The number of carbonyl (C=O) groups excluding carboxylic acids is 1. The molecule has 1 heterocycles. The standard InChI is InChI=1S/C25H21Cl2NO/c1-25(2)12-18-17-9-7-14-5-3-4-6-16(14)24(17)28-23(22(18)21(29)13-25)15-8-10-19(26)20(27)11-15/h3-11,23,28H,12-13H2,1-2H3. The van der Waals surface area contributed by atoms with Crippen LogP contribution in [-0.2, 0) is 4.79 Å². The molecule has 0 spiro atoms. The van der Waals surface area contributed by atoms with Crippen molar-refractivity contribution in [3.63, 3.8) is 0 Å². The van der Waals surface area contributed by atoms with Gasteiger partial charge in [-0.1, -0.05) is 79.5 Å². The molecule has 0 bridgehead atoms. The number of rotatable bonds is 1. The van der Waals surface area contributed by atoms with E-state index in [0.717, 1.165) is 39.8 Å². The van der Waals surface area contributed by atoms with E-state index in [4.69, 9.17) is 23.2 Å². The van der Waals surface area contributed by atoms with Crippen LogP contribution >= 0.6 is 23.2 Å². The van der Waals surface area contributed by atoms with Crippen LogP contribution in [0, 0.1) is 5.41 Å². The molecule has 0 amide bonds. The summed E-state index contributed by atoms with van der Waals surface area (Å²) in [5.74, 6) is 0.207. The number of allylic oxidation sites excluding steroid dienone is 1. The highest BCUT2D eigenvalue weighted by molar-refractivity contribution is 6.42. The molecule has 1 unspecified atom stereocenters. The fraction of sp³-hybridized carbons (Fsp3) is 0.240. The molecule has 4 heteroatoms. The van der Waals surface area contributed by atoms with Gasteiger partial charge < -0.3 is 5.32 Å². The number of fused-ring (bicyclic) bond motifs is 4. The zero-order valence-corrected chi connectivity index (χ0v) is 17.9. The second-order valence-corrected chi connectivity index (χ2v) is 9.61. The molecule has 1 atom stereocenters. The van der Waals surface area contributed by atoms with Crippen molar-refractivity contribution in [3.05, 3.63) is 81.3 Å². The molecule has 0 radical (unpaired) electrons. The van der Waals surface area contributed by atoms with Crippen LogP contribution in [0.4, 0.5) is 5.69 Å². The third kappa shape index (κ3) is 3.06. The van der Waals surface area contributed by atoms with Gasteiger partial charge in [-0.05, 0) is 40.5 Å². The van der Waals surface area contributed by atoms with Crippen LogP contribution in [0.3, 0.4) is 0 Å². The summed E-state index contributed by atoms with van der Waals surface area (Å²) in [7, 11) is 0. The summed E-state index contributed by atoms with van der Waals surface area (Å²) in [4.78, 5) is 13.3. The summed E-state index contributed by atoms with van der Waals surface area (Å²) in [5, 5.41) is 7.04. The Balaban J connectivity index is 1.79. The quantitative estimate of drug-likeness (QED) is 0.441. The minimum absolute atomic E-state index is 0.0572. The van der Waals surface area contributed by atoms with Crippen LogP contribution in [0.5, 0.6) is 0 Å². The second kappa shape index (κ2) is 6.62. The summed E-state index contributed by atoms with van der Waals surface area (Å²) in [6.45, 7) is 4.34. The van der Waals surface area contributed by atoms with Gasteiger partial charge in [0.25, 0.3) is 0 Å².